The number of hydrogen-bond acceptors (Lipinski definition) is 3. The molecule has 2 aromatic heterocycles. The van der Waals surface area contributed by atoms with Gasteiger partial charge in [0.2, 0.25) is 0 Å². The Hall–Kier alpha value is -6.45. The van der Waals surface area contributed by atoms with E-state index in [1.807, 2.05) is 6.20 Å². The SMILES string of the molecule is C1=C[C@@H](c2nccc3ccccc23)CC=C1c1nc(-c2cc3ccccc3c3ccccc23)cc(-c2cc3ccccc3c3ccccc23)n1. The predicted molar refractivity (Wildman–Crippen MR) is 209 cm³/mol. The molecule has 0 fully saturated rings. The number of nitrogens with zero attached hydrogens (tertiary/aromatic N) is 3. The van der Waals surface area contributed by atoms with Crippen LogP contribution >= 0.6 is 0 Å². The first-order valence-electron chi connectivity index (χ1n) is 17.2. The summed E-state index contributed by atoms with van der Waals surface area (Å²) in [4.78, 5) is 15.5. The molecule has 0 saturated carbocycles. The Bertz CT molecular complexity index is 2720. The summed E-state index contributed by atoms with van der Waals surface area (Å²) in [5, 5.41) is 12.1. The highest BCUT2D eigenvalue weighted by atomic mass is 14.9. The topological polar surface area (TPSA) is 38.7 Å². The van der Waals surface area contributed by atoms with E-state index in [2.05, 4.69) is 164 Å². The van der Waals surface area contributed by atoms with Gasteiger partial charge in [-0.05, 0) is 79.2 Å². The van der Waals surface area contributed by atoms with Crippen LogP contribution in [0, 0.1) is 0 Å². The van der Waals surface area contributed by atoms with Crippen molar-refractivity contribution in [2.45, 2.75) is 12.3 Å². The minimum absolute atomic E-state index is 0.182. The molecule has 0 saturated heterocycles. The lowest BCUT2D eigenvalue weighted by atomic mass is 9.90. The molecule has 0 radical (unpaired) electrons. The van der Waals surface area contributed by atoms with E-state index < -0.39 is 0 Å². The van der Waals surface area contributed by atoms with Gasteiger partial charge in [0.05, 0.1) is 17.1 Å². The van der Waals surface area contributed by atoms with Gasteiger partial charge in [-0.2, -0.15) is 0 Å². The molecule has 7 aromatic carbocycles. The molecule has 0 spiro atoms. The van der Waals surface area contributed by atoms with E-state index >= 15 is 0 Å². The van der Waals surface area contributed by atoms with Crippen molar-refractivity contribution in [3.8, 4) is 22.5 Å². The number of allylic oxidation sites excluding steroid dienone is 4. The molecule has 10 rings (SSSR count). The molecule has 1 aliphatic carbocycles. The fraction of sp³-hybridized carbons (Fsp3) is 0.0426. The van der Waals surface area contributed by atoms with Crippen molar-refractivity contribution < 1.29 is 0 Å². The van der Waals surface area contributed by atoms with Crippen LogP contribution in [0.1, 0.15) is 23.9 Å². The third kappa shape index (κ3) is 4.70. The quantitative estimate of drug-likeness (QED) is 0.180. The number of hydrogen-bond donors (Lipinski definition) is 0. The van der Waals surface area contributed by atoms with Crippen LogP contribution in [0.25, 0.3) is 82.0 Å². The molecule has 0 unspecified atom stereocenters. The Labute approximate surface area is 289 Å². The van der Waals surface area contributed by atoms with Gasteiger partial charge in [-0.1, -0.05) is 140 Å². The summed E-state index contributed by atoms with van der Waals surface area (Å²) in [7, 11) is 0. The summed E-state index contributed by atoms with van der Waals surface area (Å²) in [6.07, 6.45) is 9.50. The molecule has 0 bridgehead atoms. The van der Waals surface area contributed by atoms with Crippen LogP contribution in [-0.4, -0.2) is 15.0 Å². The van der Waals surface area contributed by atoms with Crippen molar-refractivity contribution in [2.75, 3.05) is 0 Å². The summed E-state index contributed by atoms with van der Waals surface area (Å²) in [5.74, 6) is 0.911. The van der Waals surface area contributed by atoms with Crippen LogP contribution in [0.15, 0.2) is 170 Å². The summed E-state index contributed by atoms with van der Waals surface area (Å²) < 4.78 is 0. The Morgan fingerprint density at radius 2 is 0.960 bits per heavy atom. The normalized spacial score (nSPS) is 14.6. The lowest BCUT2D eigenvalue weighted by molar-refractivity contribution is 0.827. The minimum atomic E-state index is 0.182. The Morgan fingerprint density at radius 3 is 1.52 bits per heavy atom. The van der Waals surface area contributed by atoms with E-state index in [1.54, 1.807) is 0 Å². The van der Waals surface area contributed by atoms with Gasteiger partial charge in [0, 0.05) is 34.2 Å². The van der Waals surface area contributed by atoms with Gasteiger partial charge in [-0.25, -0.2) is 9.97 Å². The maximum absolute atomic E-state index is 5.35. The van der Waals surface area contributed by atoms with E-state index in [1.165, 1.54) is 53.9 Å². The van der Waals surface area contributed by atoms with E-state index in [-0.39, 0.29) is 5.92 Å². The monoisotopic (exact) mass is 637 g/mol. The average Bonchev–Trinajstić information content (AvgIpc) is 3.20. The maximum Gasteiger partial charge on any atom is 0.160 e. The van der Waals surface area contributed by atoms with Crippen molar-refractivity contribution in [1.82, 2.24) is 15.0 Å². The number of rotatable bonds is 4. The van der Waals surface area contributed by atoms with Gasteiger partial charge in [-0.3, -0.25) is 4.98 Å². The lowest BCUT2D eigenvalue weighted by Gasteiger charge is -2.18. The maximum atomic E-state index is 5.35. The van der Waals surface area contributed by atoms with Gasteiger partial charge < -0.3 is 0 Å². The van der Waals surface area contributed by atoms with Gasteiger partial charge in [0.15, 0.2) is 5.82 Å². The fourth-order valence-corrected chi connectivity index (χ4v) is 7.81. The molecule has 234 valence electrons. The summed E-state index contributed by atoms with van der Waals surface area (Å²) in [6.45, 7) is 0. The highest BCUT2D eigenvalue weighted by molar-refractivity contribution is 6.15. The van der Waals surface area contributed by atoms with Crippen molar-refractivity contribution in [3.05, 3.63) is 182 Å². The summed E-state index contributed by atoms with van der Waals surface area (Å²) in [5.41, 5.74) is 6.17. The van der Waals surface area contributed by atoms with Gasteiger partial charge in [-0.15, -0.1) is 0 Å². The molecule has 1 atom stereocenters. The van der Waals surface area contributed by atoms with Crippen molar-refractivity contribution in [2.24, 2.45) is 0 Å². The van der Waals surface area contributed by atoms with Crippen molar-refractivity contribution >= 4 is 59.4 Å². The number of aromatic nitrogens is 3. The van der Waals surface area contributed by atoms with E-state index in [0.29, 0.717) is 0 Å². The number of fused-ring (bicyclic) bond motifs is 7. The molecule has 0 N–H and O–H groups in total. The van der Waals surface area contributed by atoms with Crippen LogP contribution in [0.4, 0.5) is 0 Å². The Balaban J connectivity index is 1.18. The molecule has 2 heterocycles. The average molecular weight is 638 g/mol. The Kier molecular flexibility index (Phi) is 6.63. The molecule has 3 heteroatoms. The van der Waals surface area contributed by atoms with Crippen molar-refractivity contribution in [3.63, 3.8) is 0 Å². The summed E-state index contributed by atoms with van der Waals surface area (Å²) >= 11 is 0. The van der Waals surface area contributed by atoms with E-state index in [4.69, 9.17) is 15.0 Å². The second-order valence-electron chi connectivity index (χ2n) is 13.1. The van der Waals surface area contributed by atoms with Crippen LogP contribution in [-0.2, 0) is 0 Å². The Morgan fingerprint density at radius 1 is 0.460 bits per heavy atom. The van der Waals surface area contributed by atoms with Gasteiger partial charge in [0.25, 0.3) is 0 Å². The number of benzene rings is 7. The molecule has 3 nitrogen and oxygen atoms in total. The summed E-state index contributed by atoms with van der Waals surface area (Å²) in [6, 6.07) is 51.9. The molecule has 0 aliphatic heterocycles. The highest BCUT2D eigenvalue weighted by Gasteiger charge is 2.20. The van der Waals surface area contributed by atoms with Crippen LogP contribution in [0.3, 0.4) is 0 Å². The van der Waals surface area contributed by atoms with Gasteiger partial charge in [0.1, 0.15) is 0 Å². The zero-order chi connectivity index (χ0) is 33.0. The first-order chi connectivity index (χ1) is 24.8. The molecule has 1 aliphatic rings. The van der Waals surface area contributed by atoms with Crippen LogP contribution < -0.4 is 0 Å². The standard InChI is InChI=1S/C47H31N3/c1-6-16-37-30(11-1)25-26-48-46(37)31-21-23-32(24-22-31)47-49-44(42-27-33-12-2-4-14-35(33)38-17-7-9-19-40(38)42)29-45(50-47)43-28-34-13-3-5-15-36(34)39-18-8-10-20-41(39)43/h1-21,23-29,31H,22H2/t31-/m1/s1. The van der Waals surface area contributed by atoms with Crippen LogP contribution in [0.2, 0.25) is 0 Å². The minimum Gasteiger partial charge on any atom is -0.260 e. The molecule has 9 aromatic rings. The highest BCUT2D eigenvalue weighted by Crippen LogP contribution is 2.40. The smallest absolute Gasteiger partial charge is 0.160 e. The zero-order valence-electron chi connectivity index (χ0n) is 27.3. The third-order valence-electron chi connectivity index (χ3n) is 10.2. The van der Waals surface area contributed by atoms with E-state index in [0.717, 1.165) is 46.0 Å². The first kappa shape index (κ1) is 28.6. The second-order valence-corrected chi connectivity index (χ2v) is 13.1. The third-order valence-corrected chi connectivity index (χ3v) is 10.2. The zero-order valence-corrected chi connectivity index (χ0v) is 27.3. The first-order valence-corrected chi connectivity index (χ1v) is 17.2. The molecular weight excluding hydrogens is 607 g/mol. The molecular formula is C47H31N3. The van der Waals surface area contributed by atoms with Gasteiger partial charge >= 0.3 is 0 Å². The van der Waals surface area contributed by atoms with E-state index in [9.17, 15) is 0 Å². The molecule has 50 heavy (non-hydrogen) atoms. The predicted octanol–water partition coefficient (Wildman–Crippen LogP) is 12.1. The van der Waals surface area contributed by atoms with Crippen molar-refractivity contribution in [1.29, 1.82) is 0 Å². The largest absolute Gasteiger partial charge is 0.260 e. The second kappa shape index (κ2) is 11.6. The fourth-order valence-electron chi connectivity index (χ4n) is 7.81. The number of pyridine rings is 1. The molecule has 0 amide bonds. The lowest BCUT2D eigenvalue weighted by Crippen LogP contribution is -2.05. The van der Waals surface area contributed by atoms with Crippen LogP contribution in [0.5, 0.6) is 0 Å².